The Morgan fingerprint density at radius 3 is 2.53 bits per heavy atom. The molecule has 162 valence electrons. The molecular weight excluding hydrogens is 444 g/mol. The second kappa shape index (κ2) is 8.19. The summed E-state index contributed by atoms with van der Waals surface area (Å²) in [6.07, 6.45) is 0. The van der Waals surface area contributed by atoms with Gasteiger partial charge in [-0.2, -0.15) is 0 Å². The highest BCUT2D eigenvalue weighted by atomic mass is 35.5. The molecule has 0 saturated carbocycles. The van der Waals surface area contributed by atoms with Gasteiger partial charge < -0.3 is 14.5 Å². The molecular formula is C25H21ClN2O3S. The zero-order chi connectivity index (χ0) is 22.3. The Balaban J connectivity index is 1.56. The van der Waals surface area contributed by atoms with E-state index in [2.05, 4.69) is 0 Å². The number of carbonyl (C=O) groups excluding carboxylic acids is 2. The lowest BCUT2D eigenvalue weighted by Gasteiger charge is -2.33. The van der Waals surface area contributed by atoms with Crippen molar-refractivity contribution < 1.29 is 14.3 Å². The van der Waals surface area contributed by atoms with E-state index < -0.39 is 4.87 Å². The average molecular weight is 465 g/mol. The van der Waals surface area contributed by atoms with Crippen LogP contribution in [-0.2, 0) is 16.2 Å². The number of hydrogen-bond acceptors (Lipinski definition) is 4. The van der Waals surface area contributed by atoms with Crippen LogP contribution in [0.25, 0.3) is 0 Å². The van der Waals surface area contributed by atoms with Gasteiger partial charge >= 0.3 is 0 Å². The van der Waals surface area contributed by atoms with Gasteiger partial charge in [-0.05, 0) is 42.0 Å². The van der Waals surface area contributed by atoms with E-state index in [1.165, 1.54) is 11.8 Å². The van der Waals surface area contributed by atoms with Crippen molar-refractivity contribution in [2.24, 2.45) is 0 Å². The SMILES string of the molecule is COc1ccc(C(=O)N2CCS[C@@]23C(=O)N(Cc2ccccc2Cl)c2ccccc23)cc1. The van der Waals surface area contributed by atoms with E-state index in [9.17, 15) is 9.59 Å². The van der Waals surface area contributed by atoms with Crippen molar-refractivity contribution in [2.75, 3.05) is 24.3 Å². The molecule has 2 aliphatic rings. The molecule has 5 nitrogen and oxygen atoms in total. The number of nitrogens with zero attached hydrogens (tertiary/aromatic N) is 2. The molecule has 1 saturated heterocycles. The Bertz CT molecular complexity index is 1200. The topological polar surface area (TPSA) is 49.9 Å². The van der Waals surface area contributed by atoms with Crippen LogP contribution in [0, 0.1) is 0 Å². The van der Waals surface area contributed by atoms with Gasteiger partial charge in [0.1, 0.15) is 5.75 Å². The number of para-hydroxylation sites is 1. The average Bonchev–Trinajstić information content (AvgIpc) is 3.37. The van der Waals surface area contributed by atoms with Gasteiger partial charge in [0, 0.05) is 28.4 Å². The number of benzene rings is 3. The van der Waals surface area contributed by atoms with Crippen molar-refractivity contribution in [1.82, 2.24) is 4.90 Å². The van der Waals surface area contributed by atoms with Crippen LogP contribution >= 0.6 is 23.4 Å². The number of ether oxygens (including phenoxy) is 1. The molecule has 5 rings (SSSR count). The van der Waals surface area contributed by atoms with E-state index in [0.717, 1.165) is 16.8 Å². The van der Waals surface area contributed by atoms with Gasteiger partial charge in [0.05, 0.1) is 19.3 Å². The predicted molar refractivity (Wildman–Crippen MR) is 127 cm³/mol. The van der Waals surface area contributed by atoms with Crippen LogP contribution in [0.15, 0.2) is 72.8 Å². The Hall–Kier alpha value is -2.96. The monoisotopic (exact) mass is 464 g/mol. The molecule has 1 atom stereocenters. The fourth-order valence-corrected chi connectivity index (χ4v) is 6.07. The summed E-state index contributed by atoms with van der Waals surface area (Å²) >= 11 is 7.91. The first-order valence-corrected chi connectivity index (χ1v) is 11.7. The normalized spacial score (nSPS) is 19.5. The first-order valence-electron chi connectivity index (χ1n) is 10.3. The van der Waals surface area contributed by atoms with E-state index in [1.807, 2.05) is 48.5 Å². The zero-order valence-electron chi connectivity index (χ0n) is 17.5. The van der Waals surface area contributed by atoms with Gasteiger partial charge in [-0.3, -0.25) is 9.59 Å². The molecule has 3 aromatic rings. The van der Waals surface area contributed by atoms with Crippen LogP contribution in [0.4, 0.5) is 5.69 Å². The summed E-state index contributed by atoms with van der Waals surface area (Å²) in [7, 11) is 1.59. The van der Waals surface area contributed by atoms with Crippen molar-refractivity contribution in [3.63, 3.8) is 0 Å². The Labute approximate surface area is 195 Å². The van der Waals surface area contributed by atoms with E-state index >= 15 is 0 Å². The van der Waals surface area contributed by atoms with Crippen LogP contribution in [0.5, 0.6) is 5.75 Å². The maximum atomic E-state index is 14.0. The van der Waals surface area contributed by atoms with E-state index in [4.69, 9.17) is 16.3 Å². The number of fused-ring (bicyclic) bond motifs is 2. The molecule has 1 fully saturated rings. The lowest BCUT2D eigenvalue weighted by molar-refractivity contribution is -0.123. The van der Waals surface area contributed by atoms with Crippen molar-refractivity contribution >= 4 is 40.9 Å². The number of methoxy groups -OCH3 is 1. The maximum Gasteiger partial charge on any atom is 0.268 e. The molecule has 0 aromatic heterocycles. The number of amides is 2. The molecule has 0 aliphatic carbocycles. The first kappa shape index (κ1) is 20.9. The van der Waals surface area contributed by atoms with Crippen LogP contribution in [0.2, 0.25) is 5.02 Å². The summed E-state index contributed by atoms with van der Waals surface area (Å²) in [6.45, 7) is 0.845. The van der Waals surface area contributed by atoms with E-state index in [0.29, 0.717) is 35.2 Å². The van der Waals surface area contributed by atoms with E-state index in [-0.39, 0.29) is 11.8 Å². The van der Waals surface area contributed by atoms with Crippen molar-refractivity contribution in [1.29, 1.82) is 0 Å². The van der Waals surface area contributed by atoms with Gasteiger partial charge in [-0.25, -0.2) is 0 Å². The summed E-state index contributed by atoms with van der Waals surface area (Å²) in [5, 5.41) is 0.615. The molecule has 2 heterocycles. The number of thioether (sulfide) groups is 1. The van der Waals surface area contributed by atoms with Gasteiger partial charge in [0.15, 0.2) is 4.87 Å². The minimum Gasteiger partial charge on any atom is -0.497 e. The molecule has 1 spiro atoms. The summed E-state index contributed by atoms with van der Waals surface area (Å²) < 4.78 is 5.21. The third-order valence-corrected chi connectivity index (χ3v) is 7.76. The van der Waals surface area contributed by atoms with Gasteiger partial charge in [-0.15, -0.1) is 11.8 Å². The van der Waals surface area contributed by atoms with Crippen molar-refractivity contribution in [3.05, 3.63) is 94.5 Å². The highest BCUT2D eigenvalue weighted by Gasteiger charge is 2.59. The molecule has 2 aliphatic heterocycles. The molecule has 3 aromatic carbocycles. The molecule has 0 radical (unpaired) electrons. The molecule has 7 heteroatoms. The molecule has 0 unspecified atom stereocenters. The number of rotatable bonds is 4. The first-order chi connectivity index (χ1) is 15.6. The summed E-state index contributed by atoms with van der Waals surface area (Å²) in [5.41, 5.74) is 3.06. The van der Waals surface area contributed by atoms with E-state index in [1.54, 1.807) is 41.2 Å². The van der Waals surface area contributed by atoms with Crippen molar-refractivity contribution in [3.8, 4) is 5.75 Å². The van der Waals surface area contributed by atoms with Crippen LogP contribution in [0.1, 0.15) is 21.5 Å². The van der Waals surface area contributed by atoms with Crippen molar-refractivity contribution in [2.45, 2.75) is 11.4 Å². The Kier molecular flexibility index (Phi) is 5.35. The highest BCUT2D eigenvalue weighted by molar-refractivity contribution is 8.01. The molecule has 0 N–H and O–H groups in total. The van der Waals surface area contributed by atoms with Crippen LogP contribution in [0.3, 0.4) is 0 Å². The minimum absolute atomic E-state index is 0.108. The smallest absolute Gasteiger partial charge is 0.268 e. The van der Waals surface area contributed by atoms with Crippen LogP contribution < -0.4 is 9.64 Å². The van der Waals surface area contributed by atoms with Crippen LogP contribution in [-0.4, -0.2) is 36.1 Å². The predicted octanol–water partition coefficient (Wildman–Crippen LogP) is 4.94. The lowest BCUT2D eigenvalue weighted by atomic mass is 10.0. The number of hydrogen-bond donors (Lipinski definition) is 0. The number of carbonyl (C=O) groups is 2. The zero-order valence-corrected chi connectivity index (χ0v) is 19.0. The largest absolute Gasteiger partial charge is 0.497 e. The minimum atomic E-state index is -1.07. The van der Waals surface area contributed by atoms with Gasteiger partial charge in [0.2, 0.25) is 0 Å². The van der Waals surface area contributed by atoms with Gasteiger partial charge in [-0.1, -0.05) is 48.0 Å². The molecule has 2 amide bonds. The third kappa shape index (κ3) is 3.17. The summed E-state index contributed by atoms with van der Waals surface area (Å²) in [6, 6.07) is 22.3. The third-order valence-electron chi connectivity index (χ3n) is 5.97. The lowest BCUT2D eigenvalue weighted by Crippen LogP contribution is -2.50. The fourth-order valence-electron chi connectivity index (χ4n) is 4.41. The quantitative estimate of drug-likeness (QED) is 0.549. The summed E-state index contributed by atoms with van der Waals surface area (Å²) in [5.74, 6) is 1.09. The fraction of sp³-hybridized carbons (Fsp3) is 0.200. The highest BCUT2D eigenvalue weighted by Crippen LogP contribution is 2.54. The number of halogens is 1. The Morgan fingerprint density at radius 2 is 1.78 bits per heavy atom. The standard InChI is InChI=1S/C25H21ClN2O3S/c1-31-19-12-10-17(11-13-19)23(29)28-14-15-32-25(28)20-7-3-5-9-22(20)27(24(25)30)16-18-6-2-4-8-21(18)26/h2-13H,14-16H2,1H3/t25-/m0/s1. The maximum absolute atomic E-state index is 14.0. The number of anilines is 1. The van der Waals surface area contributed by atoms with Gasteiger partial charge in [0.25, 0.3) is 11.8 Å². The molecule has 32 heavy (non-hydrogen) atoms. The summed E-state index contributed by atoms with van der Waals surface area (Å²) in [4.78, 5) is 30.0. The molecule has 0 bridgehead atoms. The Morgan fingerprint density at radius 1 is 1.06 bits per heavy atom. The second-order valence-electron chi connectivity index (χ2n) is 7.68. The second-order valence-corrected chi connectivity index (χ2v) is 9.37.